The number of aliphatic hydroxyl groups is 1. The first-order valence-electron chi connectivity index (χ1n) is 6.24. The lowest BCUT2D eigenvalue weighted by molar-refractivity contribution is 0.165. The molecule has 0 aliphatic heterocycles. The van der Waals surface area contributed by atoms with Crippen LogP contribution in [0, 0.1) is 0 Å². The van der Waals surface area contributed by atoms with Gasteiger partial charge in [-0.25, -0.2) is 0 Å². The maximum Gasteiger partial charge on any atom is 0.0804 e. The van der Waals surface area contributed by atoms with Crippen molar-refractivity contribution in [2.75, 3.05) is 0 Å². The Morgan fingerprint density at radius 2 is 1.61 bits per heavy atom. The number of aliphatic hydroxyl groups excluding tert-OH is 1. The van der Waals surface area contributed by atoms with Crippen molar-refractivity contribution in [1.29, 1.82) is 0 Å². The molecule has 1 N–H and O–H groups in total. The van der Waals surface area contributed by atoms with Gasteiger partial charge < -0.3 is 5.11 Å². The van der Waals surface area contributed by atoms with Gasteiger partial charge in [-0.3, -0.25) is 0 Å². The SMILES string of the molecule is OC(CCCc1ccccc1)c1ccccc1Cl. The maximum absolute atomic E-state index is 10.1. The summed E-state index contributed by atoms with van der Waals surface area (Å²) >= 11 is 6.06. The smallest absolute Gasteiger partial charge is 0.0804 e. The minimum atomic E-state index is -0.470. The van der Waals surface area contributed by atoms with Gasteiger partial charge in [0.15, 0.2) is 0 Å². The highest BCUT2D eigenvalue weighted by Crippen LogP contribution is 2.26. The third kappa shape index (κ3) is 3.59. The number of halogens is 1. The van der Waals surface area contributed by atoms with E-state index < -0.39 is 6.10 Å². The number of hydrogen-bond acceptors (Lipinski definition) is 1. The van der Waals surface area contributed by atoms with Gasteiger partial charge in [-0.1, -0.05) is 60.1 Å². The normalized spacial score (nSPS) is 12.3. The first-order chi connectivity index (χ1) is 8.77. The van der Waals surface area contributed by atoms with Gasteiger partial charge in [0.05, 0.1) is 6.10 Å². The van der Waals surface area contributed by atoms with Crippen molar-refractivity contribution >= 4 is 11.6 Å². The van der Waals surface area contributed by atoms with E-state index in [1.165, 1.54) is 5.56 Å². The Kier molecular flexibility index (Phi) is 4.80. The predicted octanol–water partition coefficient (Wildman–Crippen LogP) is 4.40. The van der Waals surface area contributed by atoms with Crippen LogP contribution in [0.15, 0.2) is 54.6 Å². The van der Waals surface area contributed by atoms with E-state index in [9.17, 15) is 5.11 Å². The molecule has 0 fully saturated rings. The van der Waals surface area contributed by atoms with E-state index in [0.29, 0.717) is 5.02 Å². The monoisotopic (exact) mass is 260 g/mol. The summed E-state index contributed by atoms with van der Waals surface area (Å²) < 4.78 is 0. The molecule has 0 saturated heterocycles. The van der Waals surface area contributed by atoms with E-state index >= 15 is 0 Å². The van der Waals surface area contributed by atoms with Crippen molar-refractivity contribution in [3.8, 4) is 0 Å². The van der Waals surface area contributed by atoms with Crippen molar-refractivity contribution in [1.82, 2.24) is 0 Å². The van der Waals surface area contributed by atoms with Crippen molar-refractivity contribution < 1.29 is 5.11 Å². The van der Waals surface area contributed by atoms with Crippen LogP contribution in [0.4, 0.5) is 0 Å². The van der Waals surface area contributed by atoms with E-state index in [2.05, 4.69) is 12.1 Å². The second-order valence-electron chi connectivity index (χ2n) is 4.42. The second-order valence-corrected chi connectivity index (χ2v) is 4.82. The van der Waals surface area contributed by atoms with Gasteiger partial charge >= 0.3 is 0 Å². The molecule has 0 radical (unpaired) electrons. The zero-order valence-electron chi connectivity index (χ0n) is 10.2. The zero-order chi connectivity index (χ0) is 12.8. The van der Waals surface area contributed by atoms with Crippen LogP contribution in [0.5, 0.6) is 0 Å². The predicted molar refractivity (Wildman–Crippen MR) is 75.8 cm³/mol. The molecule has 94 valence electrons. The Morgan fingerprint density at radius 3 is 2.33 bits per heavy atom. The van der Waals surface area contributed by atoms with Gasteiger partial charge in [-0.2, -0.15) is 0 Å². The maximum atomic E-state index is 10.1. The van der Waals surface area contributed by atoms with Gasteiger partial charge in [-0.05, 0) is 36.5 Å². The highest BCUT2D eigenvalue weighted by atomic mass is 35.5. The van der Waals surface area contributed by atoms with Crippen molar-refractivity contribution in [2.24, 2.45) is 0 Å². The van der Waals surface area contributed by atoms with Gasteiger partial charge in [0.2, 0.25) is 0 Å². The summed E-state index contributed by atoms with van der Waals surface area (Å²) in [7, 11) is 0. The standard InChI is InChI=1S/C16H17ClO/c17-15-11-5-4-10-14(15)16(18)12-6-9-13-7-2-1-3-8-13/h1-5,7-8,10-11,16,18H,6,9,12H2. The molecule has 0 aliphatic rings. The summed E-state index contributed by atoms with van der Waals surface area (Å²) in [5.74, 6) is 0. The van der Waals surface area contributed by atoms with E-state index in [1.54, 1.807) is 0 Å². The van der Waals surface area contributed by atoms with Crippen LogP contribution in [-0.2, 0) is 6.42 Å². The Balaban J connectivity index is 1.86. The second kappa shape index (κ2) is 6.58. The van der Waals surface area contributed by atoms with Gasteiger partial charge in [0.1, 0.15) is 0 Å². The fourth-order valence-electron chi connectivity index (χ4n) is 2.05. The third-order valence-electron chi connectivity index (χ3n) is 3.05. The molecule has 0 amide bonds. The summed E-state index contributed by atoms with van der Waals surface area (Å²) in [6.07, 6.45) is 2.21. The molecule has 2 rings (SSSR count). The quantitative estimate of drug-likeness (QED) is 0.845. The molecule has 2 aromatic carbocycles. The van der Waals surface area contributed by atoms with Crippen LogP contribution in [0.1, 0.15) is 30.1 Å². The highest BCUT2D eigenvalue weighted by molar-refractivity contribution is 6.31. The molecule has 1 atom stereocenters. The lowest BCUT2D eigenvalue weighted by Crippen LogP contribution is -1.99. The van der Waals surface area contributed by atoms with Crippen LogP contribution in [0.25, 0.3) is 0 Å². The molecule has 0 saturated carbocycles. The average molecular weight is 261 g/mol. The molecule has 2 heteroatoms. The fourth-order valence-corrected chi connectivity index (χ4v) is 2.31. The highest BCUT2D eigenvalue weighted by Gasteiger charge is 2.10. The minimum Gasteiger partial charge on any atom is -0.388 e. The minimum absolute atomic E-state index is 0.470. The Morgan fingerprint density at radius 1 is 0.944 bits per heavy atom. The summed E-state index contributed by atoms with van der Waals surface area (Å²) in [4.78, 5) is 0. The fraction of sp³-hybridized carbons (Fsp3) is 0.250. The first kappa shape index (κ1) is 13.1. The first-order valence-corrected chi connectivity index (χ1v) is 6.61. The molecule has 0 spiro atoms. The molecular weight excluding hydrogens is 244 g/mol. The van der Waals surface area contributed by atoms with Crippen LogP contribution in [0.3, 0.4) is 0 Å². The summed E-state index contributed by atoms with van der Waals surface area (Å²) in [5, 5.41) is 10.7. The Labute approximate surface area is 113 Å². The Bertz CT molecular complexity index is 481. The number of benzene rings is 2. The van der Waals surface area contributed by atoms with Gasteiger partial charge in [0, 0.05) is 5.02 Å². The summed E-state index contributed by atoms with van der Waals surface area (Å²) in [6, 6.07) is 17.8. The van der Waals surface area contributed by atoms with Crippen LogP contribution in [0.2, 0.25) is 5.02 Å². The summed E-state index contributed by atoms with van der Waals surface area (Å²) in [6.45, 7) is 0. The van der Waals surface area contributed by atoms with Gasteiger partial charge in [-0.15, -0.1) is 0 Å². The van der Waals surface area contributed by atoms with Crippen molar-refractivity contribution in [3.63, 3.8) is 0 Å². The molecule has 0 heterocycles. The Hall–Kier alpha value is -1.31. The van der Waals surface area contributed by atoms with E-state index in [0.717, 1.165) is 24.8 Å². The third-order valence-corrected chi connectivity index (χ3v) is 3.39. The van der Waals surface area contributed by atoms with Gasteiger partial charge in [0.25, 0.3) is 0 Å². The molecule has 1 nitrogen and oxygen atoms in total. The molecule has 1 unspecified atom stereocenters. The molecular formula is C16H17ClO. The molecule has 2 aromatic rings. The number of aryl methyl sites for hydroxylation is 1. The summed E-state index contributed by atoms with van der Waals surface area (Å²) in [5.41, 5.74) is 2.14. The topological polar surface area (TPSA) is 20.2 Å². The molecule has 0 aromatic heterocycles. The lowest BCUT2D eigenvalue weighted by atomic mass is 10.0. The van der Waals surface area contributed by atoms with Crippen molar-refractivity contribution in [3.05, 3.63) is 70.7 Å². The van der Waals surface area contributed by atoms with Crippen LogP contribution >= 0.6 is 11.6 Å². The molecule has 0 aliphatic carbocycles. The zero-order valence-corrected chi connectivity index (χ0v) is 11.0. The largest absolute Gasteiger partial charge is 0.388 e. The lowest BCUT2D eigenvalue weighted by Gasteiger charge is -2.12. The number of hydrogen-bond donors (Lipinski definition) is 1. The van der Waals surface area contributed by atoms with E-state index in [1.807, 2.05) is 42.5 Å². The average Bonchev–Trinajstić information content (AvgIpc) is 2.40. The van der Waals surface area contributed by atoms with Crippen molar-refractivity contribution in [2.45, 2.75) is 25.4 Å². The van der Waals surface area contributed by atoms with E-state index in [-0.39, 0.29) is 0 Å². The van der Waals surface area contributed by atoms with E-state index in [4.69, 9.17) is 11.6 Å². The number of rotatable bonds is 5. The van der Waals surface area contributed by atoms with Crippen LogP contribution in [-0.4, -0.2) is 5.11 Å². The van der Waals surface area contributed by atoms with Crippen LogP contribution < -0.4 is 0 Å². The molecule has 0 bridgehead atoms. The molecule has 18 heavy (non-hydrogen) atoms.